The Kier molecular flexibility index (Phi) is 6.21. The number of aryl methyl sites for hydroxylation is 1. The lowest BCUT2D eigenvalue weighted by Gasteiger charge is -2.22. The van der Waals surface area contributed by atoms with Crippen molar-refractivity contribution in [3.05, 3.63) is 65.0 Å². The number of likely N-dealkylation sites (N-methyl/N-ethyl adjacent to an activating group) is 1. The minimum Gasteiger partial charge on any atom is -0.326 e. The van der Waals surface area contributed by atoms with Gasteiger partial charge in [0.25, 0.3) is 0 Å². The molecule has 0 atom stereocenters. The SMILES string of the molecule is CCn1c(/C=C/c2ccc(CN3CCN(C)C3=O)cc2)nc2c(C3CCCCC3)cccc21. The van der Waals surface area contributed by atoms with Crippen LogP contribution in [-0.2, 0) is 13.1 Å². The quantitative estimate of drug-likeness (QED) is 0.460. The molecule has 5 nitrogen and oxygen atoms in total. The first-order valence-electron chi connectivity index (χ1n) is 12.4. The Labute approximate surface area is 196 Å². The number of carbonyl (C=O) groups excluding carboxylic acids is 1. The van der Waals surface area contributed by atoms with E-state index in [1.54, 1.807) is 4.90 Å². The molecule has 1 aromatic heterocycles. The van der Waals surface area contributed by atoms with Gasteiger partial charge in [0.1, 0.15) is 5.82 Å². The average Bonchev–Trinajstić information content (AvgIpc) is 3.38. The highest BCUT2D eigenvalue weighted by Gasteiger charge is 2.25. The smallest absolute Gasteiger partial charge is 0.320 e. The molecule has 2 fully saturated rings. The number of aromatic nitrogens is 2. The van der Waals surface area contributed by atoms with Crippen LogP contribution < -0.4 is 0 Å². The number of hydrogen-bond acceptors (Lipinski definition) is 2. The fraction of sp³-hybridized carbons (Fsp3) is 0.429. The van der Waals surface area contributed by atoms with Crippen LogP contribution in [0.2, 0.25) is 0 Å². The summed E-state index contributed by atoms with van der Waals surface area (Å²) in [4.78, 5) is 20.9. The molecular formula is C28H34N4O. The predicted octanol–water partition coefficient (Wildman–Crippen LogP) is 6.14. The van der Waals surface area contributed by atoms with Gasteiger partial charge in [-0.05, 0) is 54.5 Å². The fourth-order valence-corrected chi connectivity index (χ4v) is 5.36. The van der Waals surface area contributed by atoms with Crippen LogP contribution in [0.5, 0.6) is 0 Å². The molecule has 5 rings (SSSR count). The zero-order valence-corrected chi connectivity index (χ0v) is 19.8. The Morgan fingerprint density at radius 2 is 1.79 bits per heavy atom. The van der Waals surface area contributed by atoms with E-state index in [0.29, 0.717) is 12.5 Å². The highest BCUT2D eigenvalue weighted by Crippen LogP contribution is 2.36. The second kappa shape index (κ2) is 9.42. The van der Waals surface area contributed by atoms with Gasteiger partial charge in [-0.25, -0.2) is 9.78 Å². The van der Waals surface area contributed by atoms with Gasteiger partial charge in [-0.3, -0.25) is 0 Å². The summed E-state index contributed by atoms with van der Waals surface area (Å²) in [7, 11) is 1.86. The van der Waals surface area contributed by atoms with Gasteiger partial charge in [-0.2, -0.15) is 0 Å². The lowest BCUT2D eigenvalue weighted by Crippen LogP contribution is -2.28. The van der Waals surface area contributed by atoms with Crippen LogP contribution in [0, 0.1) is 0 Å². The summed E-state index contributed by atoms with van der Waals surface area (Å²) in [6.07, 6.45) is 10.9. The standard InChI is InChI=1S/C28H34N4O/c1-3-32-25-11-7-10-24(23-8-5-4-6-9-23)27(25)29-26(32)17-16-21-12-14-22(15-13-21)20-31-19-18-30(2)28(31)33/h7,10-17,23H,3-6,8-9,18-20H2,1-2H3/b17-16+. The van der Waals surface area contributed by atoms with Gasteiger partial charge < -0.3 is 14.4 Å². The second-order valence-corrected chi connectivity index (χ2v) is 9.46. The van der Waals surface area contributed by atoms with Crippen LogP contribution in [0.15, 0.2) is 42.5 Å². The van der Waals surface area contributed by atoms with Crippen molar-refractivity contribution in [3.8, 4) is 0 Å². The van der Waals surface area contributed by atoms with Crippen molar-refractivity contribution < 1.29 is 4.79 Å². The number of urea groups is 1. The summed E-state index contributed by atoms with van der Waals surface area (Å²) in [6, 6.07) is 15.3. The summed E-state index contributed by atoms with van der Waals surface area (Å²) >= 11 is 0. The van der Waals surface area contributed by atoms with Gasteiger partial charge in [0, 0.05) is 33.2 Å². The minimum atomic E-state index is 0.116. The molecule has 0 radical (unpaired) electrons. The number of hydrogen-bond donors (Lipinski definition) is 0. The molecule has 3 aromatic rings. The number of rotatable bonds is 6. The summed E-state index contributed by atoms with van der Waals surface area (Å²) in [5.41, 5.74) is 6.16. The van der Waals surface area contributed by atoms with Gasteiger partial charge >= 0.3 is 6.03 Å². The number of benzene rings is 2. The molecule has 0 unspecified atom stereocenters. The van der Waals surface area contributed by atoms with Crippen molar-refractivity contribution in [2.45, 2.75) is 58.0 Å². The van der Waals surface area contributed by atoms with Crippen molar-refractivity contribution in [3.63, 3.8) is 0 Å². The molecule has 5 heteroatoms. The first-order chi connectivity index (χ1) is 16.1. The molecule has 172 valence electrons. The van der Waals surface area contributed by atoms with Crippen LogP contribution >= 0.6 is 0 Å². The highest BCUT2D eigenvalue weighted by molar-refractivity contribution is 5.83. The molecule has 2 amide bonds. The van der Waals surface area contributed by atoms with Gasteiger partial charge in [0.05, 0.1) is 11.0 Å². The van der Waals surface area contributed by atoms with E-state index in [9.17, 15) is 4.79 Å². The summed E-state index contributed by atoms with van der Waals surface area (Å²) in [5.74, 6) is 1.67. The minimum absolute atomic E-state index is 0.116. The number of para-hydroxylation sites is 1. The molecule has 0 spiro atoms. The molecule has 2 heterocycles. The highest BCUT2D eigenvalue weighted by atomic mass is 16.2. The molecule has 2 aliphatic rings. The molecule has 1 aliphatic carbocycles. The molecule has 2 aromatic carbocycles. The molecule has 1 saturated carbocycles. The van der Waals surface area contributed by atoms with E-state index in [1.807, 2.05) is 11.9 Å². The van der Waals surface area contributed by atoms with Gasteiger partial charge in [0.15, 0.2) is 0 Å². The Hall–Kier alpha value is -3.08. The fourth-order valence-electron chi connectivity index (χ4n) is 5.36. The monoisotopic (exact) mass is 442 g/mol. The maximum Gasteiger partial charge on any atom is 0.320 e. The first-order valence-corrected chi connectivity index (χ1v) is 12.4. The molecule has 33 heavy (non-hydrogen) atoms. The number of imidazole rings is 1. The average molecular weight is 443 g/mol. The number of nitrogens with zero attached hydrogens (tertiary/aromatic N) is 4. The Bertz CT molecular complexity index is 1150. The van der Waals surface area contributed by atoms with Gasteiger partial charge in [0.2, 0.25) is 0 Å². The number of fused-ring (bicyclic) bond motifs is 1. The van der Waals surface area contributed by atoms with Crippen molar-refractivity contribution >= 4 is 29.2 Å². The van der Waals surface area contributed by atoms with Crippen LogP contribution in [0.3, 0.4) is 0 Å². The maximum atomic E-state index is 12.1. The van der Waals surface area contributed by atoms with Crippen molar-refractivity contribution in [2.75, 3.05) is 20.1 Å². The third-order valence-electron chi connectivity index (χ3n) is 7.28. The Balaban J connectivity index is 1.36. The Morgan fingerprint density at radius 1 is 1.00 bits per heavy atom. The lowest BCUT2D eigenvalue weighted by atomic mass is 9.83. The largest absolute Gasteiger partial charge is 0.326 e. The van der Waals surface area contributed by atoms with Crippen LogP contribution in [0.4, 0.5) is 4.79 Å². The normalized spacial score (nSPS) is 17.7. The number of amides is 2. The van der Waals surface area contributed by atoms with Crippen molar-refractivity contribution in [1.82, 2.24) is 19.4 Å². The Morgan fingerprint density at radius 3 is 2.48 bits per heavy atom. The zero-order valence-electron chi connectivity index (χ0n) is 19.8. The van der Waals surface area contributed by atoms with E-state index in [2.05, 4.69) is 66.1 Å². The van der Waals surface area contributed by atoms with E-state index in [-0.39, 0.29) is 6.03 Å². The lowest BCUT2D eigenvalue weighted by molar-refractivity contribution is 0.197. The van der Waals surface area contributed by atoms with E-state index >= 15 is 0 Å². The second-order valence-electron chi connectivity index (χ2n) is 9.46. The van der Waals surface area contributed by atoms with Crippen molar-refractivity contribution in [2.24, 2.45) is 0 Å². The van der Waals surface area contributed by atoms with Crippen LogP contribution in [-0.4, -0.2) is 45.5 Å². The van der Waals surface area contributed by atoms with Gasteiger partial charge in [-0.1, -0.05) is 61.7 Å². The third kappa shape index (κ3) is 4.41. The summed E-state index contributed by atoms with van der Waals surface area (Å²) in [5, 5.41) is 0. The van der Waals surface area contributed by atoms with E-state index in [1.165, 1.54) is 48.7 Å². The van der Waals surface area contributed by atoms with Crippen LogP contribution in [0.1, 0.15) is 67.5 Å². The van der Waals surface area contributed by atoms with Gasteiger partial charge in [-0.15, -0.1) is 0 Å². The molecule has 0 bridgehead atoms. The number of carbonyl (C=O) groups is 1. The summed E-state index contributed by atoms with van der Waals surface area (Å²) in [6.45, 7) is 5.37. The maximum absolute atomic E-state index is 12.1. The molecule has 1 saturated heterocycles. The van der Waals surface area contributed by atoms with Crippen LogP contribution in [0.25, 0.3) is 23.2 Å². The summed E-state index contributed by atoms with van der Waals surface area (Å²) < 4.78 is 2.32. The van der Waals surface area contributed by atoms with E-state index in [4.69, 9.17) is 4.98 Å². The molecule has 1 aliphatic heterocycles. The topological polar surface area (TPSA) is 41.4 Å². The molecular weight excluding hydrogens is 408 g/mol. The third-order valence-corrected chi connectivity index (χ3v) is 7.28. The van der Waals surface area contributed by atoms with E-state index < -0.39 is 0 Å². The molecule has 0 N–H and O–H groups in total. The van der Waals surface area contributed by atoms with E-state index in [0.717, 1.165) is 36.6 Å². The first kappa shape index (κ1) is 21.7. The zero-order chi connectivity index (χ0) is 22.8. The predicted molar refractivity (Wildman–Crippen MR) is 135 cm³/mol. The van der Waals surface area contributed by atoms with Crippen molar-refractivity contribution in [1.29, 1.82) is 0 Å².